The fourth-order valence-electron chi connectivity index (χ4n) is 0.330. The minimum atomic E-state index is -4.04. The molecule has 0 saturated heterocycles. The molecule has 67 valence electrons. The van der Waals surface area contributed by atoms with Crippen LogP contribution in [-0.4, -0.2) is 23.9 Å². The quantitative estimate of drug-likeness (QED) is 0.559. The molecule has 4 nitrogen and oxygen atoms in total. The highest BCUT2D eigenvalue weighted by molar-refractivity contribution is 9.09. The molecule has 0 aromatic carbocycles. The smallest absolute Gasteiger partial charge is 0.284 e. The first-order valence-corrected chi connectivity index (χ1v) is 6.55. The van der Waals surface area contributed by atoms with Crippen LogP contribution in [0.3, 0.4) is 0 Å². The van der Waals surface area contributed by atoms with Crippen molar-refractivity contribution in [3.63, 3.8) is 0 Å². The average molecular weight is 311 g/mol. The Hall–Kier alpha value is 1.07. The number of hydrogen-bond acceptors (Lipinski definition) is 3. The molecule has 0 amide bonds. The predicted octanol–water partition coefficient (Wildman–Crippen LogP) is 2.35. The molecule has 0 aliphatic carbocycles. The van der Waals surface area contributed by atoms with Crippen molar-refractivity contribution in [2.24, 2.45) is 0 Å². The molecular weight excluding hydrogens is 303 g/mol. The predicted molar refractivity (Wildman–Crippen MR) is 47.8 cm³/mol. The minimum Gasteiger partial charge on any atom is -0.284 e. The SMILES string of the molecule is [O]P(=O)(OCCBr)OCCBr. The summed E-state index contributed by atoms with van der Waals surface area (Å²) in [6.07, 6.45) is 0. The maximum absolute atomic E-state index is 10.7. The fourth-order valence-corrected chi connectivity index (χ4v) is 1.86. The molecule has 7 heteroatoms. The lowest BCUT2D eigenvalue weighted by Gasteiger charge is -2.07. The van der Waals surface area contributed by atoms with Gasteiger partial charge in [-0.15, -0.1) is 4.89 Å². The zero-order valence-corrected chi connectivity index (χ0v) is 9.73. The summed E-state index contributed by atoms with van der Waals surface area (Å²) in [4.78, 5) is 10.7. The monoisotopic (exact) mass is 309 g/mol. The van der Waals surface area contributed by atoms with E-state index in [2.05, 4.69) is 40.9 Å². The Morgan fingerprint density at radius 3 is 1.73 bits per heavy atom. The van der Waals surface area contributed by atoms with Gasteiger partial charge in [0.25, 0.3) is 0 Å². The van der Waals surface area contributed by atoms with E-state index >= 15 is 0 Å². The van der Waals surface area contributed by atoms with Crippen LogP contribution in [0.15, 0.2) is 0 Å². The second-order valence-corrected chi connectivity index (χ2v) is 4.49. The Morgan fingerprint density at radius 1 is 1.09 bits per heavy atom. The van der Waals surface area contributed by atoms with Crippen LogP contribution in [0.5, 0.6) is 0 Å². The van der Waals surface area contributed by atoms with Crippen LogP contribution in [0.2, 0.25) is 0 Å². The van der Waals surface area contributed by atoms with Gasteiger partial charge >= 0.3 is 7.82 Å². The summed E-state index contributed by atoms with van der Waals surface area (Å²) in [5.74, 6) is 0. The number of alkyl halides is 2. The Labute approximate surface area is 82.1 Å². The minimum absolute atomic E-state index is 0.100. The molecule has 0 unspecified atom stereocenters. The Kier molecular flexibility index (Phi) is 7.21. The lowest BCUT2D eigenvalue weighted by Crippen LogP contribution is -1.98. The summed E-state index contributed by atoms with van der Waals surface area (Å²) in [5, 5.41) is 0.938. The van der Waals surface area contributed by atoms with Gasteiger partial charge in [0, 0.05) is 10.7 Å². The van der Waals surface area contributed by atoms with Crippen LogP contribution in [-0.2, 0) is 18.5 Å². The Morgan fingerprint density at radius 2 is 1.45 bits per heavy atom. The molecule has 1 radical (unpaired) electrons. The largest absolute Gasteiger partial charge is 0.502 e. The van der Waals surface area contributed by atoms with Crippen LogP contribution >= 0.6 is 39.7 Å². The van der Waals surface area contributed by atoms with E-state index in [1.807, 2.05) is 0 Å². The van der Waals surface area contributed by atoms with E-state index in [9.17, 15) is 9.46 Å². The summed E-state index contributed by atoms with van der Waals surface area (Å²) in [6, 6.07) is 0. The molecule has 0 fully saturated rings. The van der Waals surface area contributed by atoms with E-state index in [-0.39, 0.29) is 13.2 Å². The van der Waals surface area contributed by atoms with Gasteiger partial charge in [-0.25, -0.2) is 4.57 Å². The van der Waals surface area contributed by atoms with Crippen LogP contribution in [0.1, 0.15) is 0 Å². The second kappa shape index (κ2) is 6.57. The molecule has 0 aliphatic heterocycles. The van der Waals surface area contributed by atoms with Crippen LogP contribution in [0, 0.1) is 0 Å². The van der Waals surface area contributed by atoms with Gasteiger partial charge in [-0.2, -0.15) is 0 Å². The third-order valence-electron chi connectivity index (χ3n) is 0.653. The standard InChI is InChI=1S/C4H8Br2O4P/c5-1-3-9-11(7,8)10-4-2-6/h1-4H2. The van der Waals surface area contributed by atoms with E-state index in [4.69, 9.17) is 0 Å². The molecule has 0 bridgehead atoms. The van der Waals surface area contributed by atoms with Crippen molar-refractivity contribution in [1.29, 1.82) is 0 Å². The summed E-state index contributed by atoms with van der Waals surface area (Å²) in [6.45, 7) is 0.201. The normalized spacial score (nSPS) is 11.9. The maximum atomic E-state index is 10.7. The van der Waals surface area contributed by atoms with Gasteiger partial charge in [0.1, 0.15) is 0 Å². The highest BCUT2D eigenvalue weighted by Crippen LogP contribution is 2.44. The molecule has 0 aliphatic rings. The first-order chi connectivity index (χ1) is 5.12. The zero-order valence-electron chi connectivity index (χ0n) is 5.66. The molecule has 0 heterocycles. The van der Waals surface area contributed by atoms with Gasteiger partial charge < -0.3 is 0 Å². The number of rotatable bonds is 6. The van der Waals surface area contributed by atoms with E-state index in [1.165, 1.54) is 0 Å². The summed E-state index contributed by atoms with van der Waals surface area (Å²) >= 11 is 6.04. The summed E-state index contributed by atoms with van der Waals surface area (Å²) < 4.78 is 19.5. The van der Waals surface area contributed by atoms with E-state index < -0.39 is 7.82 Å². The van der Waals surface area contributed by atoms with Gasteiger partial charge in [0.15, 0.2) is 0 Å². The first kappa shape index (κ1) is 12.1. The molecular formula is C4H8Br2O4P. The first-order valence-electron chi connectivity index (χ1n) is 2.84. The number of hydrogen-bond donors (Lipinski definition) is 0. The van der Waals surface area contributed by atoms with E-state index in [0.717, 1.165) is 0 Å². The molecule has 0 N–H and O–H groups in total. The van der Waals surface area contributed by atoms with Gasteiger partial charge in [0.05, 0.1) is 13.2 Å². The van der Waals surface area contributed by atoms with Crippen molar-refractivity contribution in [3.05, 3.63) is 0 Å². The summed E-state index contributed by atoms with van der Waals surface area (Å²) in [5.41, 5.74) is 0. The highest BCUT2D eigenvalue weighted by Gasteiger charge is 2.22. The van der Waals surface area contributed by atoms with Crippen LogP contribution in [0.4, 0.5) is 0 Å². The van der Waals surface area contributed by atoms with Crippen molar-refractivity contribution in [2.75, 3.05) is 23.9 Å². The highest BCUT2D eigenvalue weighted by atomic mass is 79.9. The van der Waals surface area contributed by atoms with Gasteiger partial charge in [-0.1, -0.05) is 31.9 Å². The second-order valence-electron chi connectivity index (χ2n) is 1.49. The molecule has 0 spiro atoms. The third kappa shape index (κ3) is 7.43. The fraction of sp³-hybridized carbons (Fsp3) is 1.00. The van der Waals surface area contributed by atoms with Crippen molar-refractivity contribution < 1.29 is 18.5 Å². The third-order valence-corrected chi connectivity index (χ3v) is 2.30. The molecule has 11 heavy (non-hydrogen) atoms. The number of halogens is 2. The molecule has 0 aromatic rings. The van der Waals surface area contributed by atoms with Gasteiger partial charge in [-0.05, 0) is 0 Å². The van der Waals surface area contributed by atoms with Crippen molar-refractivity contribution >= 4 is 39.7 Å². The van der Waals surface area contributed by atoms with E-state index in [1.54, 1.807) is 0 Å². The van der Waals surface area contributed by atoms with Gasteiger partial charge in [-0.3, -0.25) is 9.05 Å². The molecule has 0 atom stereocenters. The lowest BCUT2D eigenvalue weighted by atomic mass is 10.9. The molecule has 0 aromatic heterocycles. The lowest BCUT2D eigenvalue weighted by molar-refractivity contribution is 0.141. The Bertz CT molecular complexity index is 130. The van der Waals surface area contributed by atoms with Crippen molar-refractivity contribution in [3.8, 4) is 0 Å². The van der Waals surface area contributed by atoms with Gasteiger partial charge in [0.2, 0.25) is 0 Å². The maximum Gasteiger partial charge on any atom is 0.502 e. The van der Waals surface area contributed by atoms with Crippen LogP contribution in [0.25, 0.3) is 0 Å². The average Bonchev–Trinajstić information content (AvgIpc) is 1.97. The Balaban J connectivity index is 3.53. The summed E-state index contributed by atoms with van der Waals surface area (Å²) in [7, 11) is -4.04. The van der Waals surface area contributed by atoms with Crippen LogP contribution < -0.4 is 0 Å². The van der Waals surface area contributed by atoms with E-state index in [0.29, 0.717) is 10.7 Å². The van der Waals surface area contributed by atoms with Crippen molar-refractivity contribution in [2.45, 2.75) is 0 Å². The molecule has 0 rings (SSSR count). The van der Waals surface area contributed by atoms with Crippen molar-refractivity contribution in [1.82, 2.24) is 0 Å². The topological polar surface area (TPSA) is 55.4 Å². The zero-order chi connectivity index (χ0) is 8.74. The molecule has 0 saturated carbocycles.